The van der Waals surface area contributed by atoms with Crippen LogP contribution in [-0.4, -0.2) is 28.9 Å². The predicted octanol–water partition coefficient (Wildman–Crippen LogP) is 3.28. The standard InChI is InChI=1S/C17H25NO2/c1-16(2)11-15(17(3,4)20-16)18-10-9-14(19)12-7-5-6-8-13(12)18/h5-8,14-15,19H,9-11H2,1-4H3. The third-order valence-electron chi connectivity index (χ3n) is 4.65. The second kappa shape index (κ2) is 4.47. The number of fused-ring (bicyclic) bond motifs is 1. The van der Waals surface area contributed by atoms with E-state index < -0.39 is 0 Å². The first-order chi connectivity index (χ1) is 9.30. The minimum atomic E-state index is -0.333. The van der Waals surface area contributed by atoms with E-state index in [1.165, 1.54) is 5.69 Å². The molecule has 2 heterocycles. The third kappa shape index (κ3) is 2.23. The zero-order chi connectivity index (χ0) is 14.5. The van der Waals surface area contributed by atoms with Crippen LogP contribution in [0.15, 0.2) is 24.3 Å². The Morgan fingerprint density at radius 1 is 1.20 bits per heavy atom. The molecule has 3 heteroatoms. The van der Waals surface area contributed by atoms with Gasteiger partial charge in [-0.15, -0.1) is 0 Å². The Labute approximate surface area is 121 Å². The predicted molar refractivity (Wildman–Crippen MR) is 81.0 cm³/mol. The zero-order valence-electron chi connectivity index (χ0n) is 12.9. The third-order valence-corrected chi connectivity index (χ3v) is 4.65. The van der Waals surface area contributed by atoms with Crippen molar-refractivity contribution in [3.8, 4) is 0 Å². The number of ether oxygens (including phenoxy) is 1. The number of aliphatic hydroxyl groups is 1. The lowest BCUT2D eigenvalue weighted by molar-refractivity contribution is -0.0681. The van der Waals surface area contributed by atoms with Gasteiger partial charge in [0.05, 0.1) is 23.3 Å². The van der Waals surface area contributed by atoms with Crippen molar-refractivity contribution in [2.24, 2.45) is 0 Å². The second-order valence-corrected chi connectivity index (χ2v) is 7.24. The van der Waals surface area contributed by atoms with E-state index in [1.807, 2.05) is 12.1 Å². The van der Waals surface area contributed by atoms with Gasteiger partial charge in [-0.25, -0.2) is 0 Å². The van der Waals surface area contributed by atoms with Crippen LogP contribution in [0.5, 0.6) is 0 Å². The number of aliphatic hydroxyl groups excluding tert-OH is 1. The molecule has 1 N–H and O–H groups in total. The van der Waals surface area contributed by atoms with Crippen LogP contribution in [0.25, 0.3) is 0 Å². The molecule has 2 aliphatic heterocycles. The Bertz CT molecular complexity index is 509. The van der Waals surface area contributed by atoms with Gasteiger partial charge in [-0.3, -0.25) is 0 Å². The van der Waals surface area contributed by atoms with Gasteiger partial charge >= 0.3 is 0 Å². The van der Waals surface area contributed by atoms with Gasteiger partial charge in [0.25, 0.3) is 0 Å². The molecule has 1 saturated heterocycles. The van der Waals surface area contributed by atoms with E-state index in [0.29, 0.717) is 6.04 Å². The molecular formula is C17H25NO2. The molecule has 2 atom stereocenters. The Balaban J connectivity index is 1.98. The first kappa shape index (κ1) is 13.9. The molecule has 1 fully saturated rings. The molecule has 0 radical (unpaired) electrons. The smallest absolute Gasteiger partial charge is 0.0837 e. The summed E-state index contributed by atoms with van der Waals surface area (Å²) in [7, 11) is 0. The summed E-state index contributed by atoms with van der Waals surface area (Å²) in [5, 5.41) is 10.2. The molecule has 1 aromatic rings. The Kier molecular flexibility index (Phi) is 3.11. The van der Waals surface area contributed by atoms with Crippen molar-refractivity contribution in [3.05, 3.63) is 29.8 Å². The van der Waals surface area contributed by atoms with E-state index in [-0.39, 0.29) is 17.3 Å². The highest BCUT2D eigenvalue weighted by molar-refractivity contribution is 5.58. The zero-order valence-corrected chi connectivity index (χ0v) is 12.9. The number of hydrogen-bond acceptors (Lipinski definition) is 3. The van der Waals surface area contributed by atoms with Crippen LogP contribution >= 0.6 is 0 Å². The van der Waals surface area contributed by atoms with Gasteiger partial charge in [-0.2, -0.15) is 0 Å². The number of para-hydroxylation sites is 1. The maximum Gasteiger partial charge on any atom is 0.0837 e. The van der Waals surface area contributed by atoms with Crippen molar-refractivity contribution in [1.29, 1.82) is 0 Å². The van der Waals surface area contributed by atoms with Crippen molar-refractivity contribution in [1.82, 2.24) is 0 Å². The molecule has 1 aromatic carbocycles. The molecule has 3 nitrogen and oxygen atoms in total. The number of anilines is 1. The first-order valence-electron chi connectivity index (χ1n) is 7.54. The van der Waals surface area contributed by atoms with E-state index >= 15 is 0 Å². The number of benzene rings is 1. The average molecular weight is 275 g/mol. The summed E-state index contributed by atoms with van der Waals surface area (Å²) in [4.78, 5) is 2.44. The van der Waals surface area contributed by atoms with Crippen LogP contribution in [-0.2, 0) is 4.74 Å². The Morgan fingerprint density at radius 3 is 2.55 bits per heavy atom. The van der Waals surface area contributed by atoms with Gasteiger partial charge in [-0.05, 0) is 46.6 Å². The fourth-order valence-electron chi connectivity index (χ4n) is 3.91. The van der Waals surface area contributed by atoms with Crippen LogP contribution in [0, 0.1) is 0 Å². The van der Waals surface area contributed by atoms with Crippen molar-refractivity contribution in [2.75, 3.05) is 11.4 Å². The summed E-state index contributed by atoms with van der Waals surface area (Å²) in [6.45, 7) is 9.59. The minimum absolute atomic E-state index is 0.0842. The summed E-state index contributed by atoms with van der Waals surface area (Å²) < 4.78 is 6.24. The molecule has 2 aliphatic rings. The average Bonchev–Trinajstić information content (AvgIpc) is 2.58. The molecular weight excluding hydrogens is 250 g/mol. The van der Waals surface area contributed by atoms with Gasteiger partial charge < -0.3 is 14.7 Å². The van der Waals surface area contributed by atoms with Crippen molar-refractivity contribution < 1.29 is 9.84 Å². The van der Waals surface area contributed by atoms with Gasteiger partial charge in [-0.1, -0.05) is 18.2 Å². The molecule has 20 heavy (non-hydrogen) atoms. The summed E-state index contributed by atoms with van der Waals surface area (Å²) in [5.74, 6) is 0. The van der Waals surface area contributed by atoms with Crippen molar-refractivity contribution >= 4 is 5.69 Å². The fraction of sp³-hybridized carbons (Fsp3) is 0.647. The molecule has 0 aliphatic carbocycles. The van der Waals surface area contributed by atoms with E-state index in [4.69, 9.17) is 4.74 Å². The highest BCUT2D eigenvalue weighted by atomic mass is 16.5. The topological polar surface area (TPSA) is 32.7 Å². The monoisotopic (exact) mass is 275 g/mol. The molecule has 0 aromatic heterocycles. The summed E-state index contributed by atoms with van der Waals surface area (Å²) in [6, 6.07) is 8.58. The van der Waals surface area contributed by atoms with Gasteiger partial charge in [0.15, 0.2) is 0 Å². The van der Waals surface area contributed by atoms with Gasteiger partial charge in [0, 0.05) is 17.8 Å². The molecule has 110 valence electrons. The maximum atomic E-state index is 10.2. The van der Waals surface area contributed by atoms with E-state index in [1.54, 1.807) is 0 Å². The van der Waals surface area contributed by atoms with Gasteiger partial charge in [0.2, 0.25) is 0 Å². The SMILES string of the molecule is CC1(C)CC(N2CCC(O)c3ccccc32)C(C)(C)O1. The molecule has 3 rings (SSSR count). The highest BCUT2D eigenvalue weighted by Gasteiger charge is 2.49. The van der Waals surface area contributed by atoms with Crippen LogP contribution in [0.2, 0.25) is 0 Å². The molecule has 0 bridgehead atoms. The highest BCUT2D eigenvalue weighted by Crippen LogP contribution is 2.44. The quantitative estimate of drug-likeness (QED) is 0.854. The largest absolute Gasteiger partial charge is 0.388 e. The number of hydrogen-bond donors (Lipinski definition) is 1. The van der Waals surface area contributed by atoms with Crippen LogP contribution in [0.1, 0.15) is 52.2 Å². The van der Waals surface area contributed by atoms with E-state index in [0.717, 1.165) is 24.9 Å². The van der Waals surface area contributed by atoms with Gasteiger partial charge in [0.1, 0.15) is 0 Å². The van der Waals surface area contributed by atoms with Crippen LogP contribution in [0.4, 0.5) is 5.69 Å². The van der Waals surface area contributed by atoms with E-state index in [2.05, 4.69) is 44.7 Å². The maximum absolute atomic E-state index is 10.2. The molecule has 2 unspecified atom stereocenters. The minimum Gasteiger partial charge on any atom is -0.388 e. The Morgan fingerprint density at radius 2 is 1.90 bits per heavy atom. The van der Waals surface area contributed by atoms with Crippen LogP contribution in [0.3, 0.4) is 0 Å². The molecule has 0 amide bonds. The van der Waals surface area contributed by atoms with Crippen molar-refractivity contribution in [3.63, 3.8) is 0 Å². The Hall–Kier alpha value is -1.06. The molecule has 0 saturated carbocycles. The summed E-state index contributed by atoms with van der Waals surface area (Å²) in [6.07, 6.45) is 1.48. The summed E-state index contributed by atoms with van der Waals surface area (Å²) in [5.41, 5.74) is 1.97. The fourth-order valence-corrected chi connectivity index (χ4v) is 3.91. The first-order valence-corrected chi connectivity index (χ1v) is 7.54. The van der Waals surface area contributed by atoms with Crippen LogP contribution < -0.4 is 4.90 Å². The van der Waals surface area contributed by atoms with E-state index in [9.17, 15) is 5.11 Å². The summed E-state index contributed by atoms with van der Waals surface area (Å²) >= 11 is 0. The lowest BCUT2D eigenvalue weighted by Crippen LogP contribution is -2.49. The lowest BCUT2D eigenvalue weighted by atomic mass is 9.89. The lowest BCUT2D eigenvalue weighted by Gasteiger charge is -2.42. The van der Waals surface area contributed by atoms with Crippen molar-refractivity contribution in [2.45, 2.75) is 63.9 Å². The number of nitrogens with zero attached hydrogens (tertiary/aromatic N) is 1. The molecule has 0 spiro atoms. The number of rotatable bonds is 1. The normalized spacial score (nSPS) is 31.1. The second-order valence-electron chi connectivity index (χ2n) is 7.24.